The summed E-state index contributed by atoms with van der Waals surface area (Å²) in [6, 6.07) is 5.71. The van der Waals surface area contributed by atoms with Gasteiger partial charge in [0.1, 0.15) is 16.3 Å². The van der Waals surface area contributed by atoms with Crippen molar-refractivity contribution in [3.8, 4) is 5.75 Å². The summed E-state index contributed by atoms with van der Waals surface area (Å²) >= 11 is 2.63. The van der Waals surface area contributed by atoms with Crippen molar-refractivity contribution < 1.29 is 14.3 Å². The standard InChI is InChI=1S/C22H22N6O3S2/c1-2-31-11-7-8-14-13(9-11)18-20(24-14)26-22(28-27-18)32-10-16(29)25-21-17(19(23)30)12-5-3-4-6-15(12)33-21/h7-9H,2-6,10H2,1H3,(H2,23,30)(H,25,29)(H,24,26,28). The molecule has 0 saturated heterocycles. The average molecular weight is 483 g/mol. The van der Waals surface area contributed by atoms with E-state index in [1.807, 2.05) is 25.1 Å². The Labute approximate surface area is 197 Å². The predicted octanol–water partition coefficient (Wildman–Crippen LogP) is 3.67. The number of aryl methyl sites for hydroxylation is 1. The van der Waals surface area contributed by atoms with Gasteiger partial charge >= 0.3 is 0 Å². The number of primary amides is 1. The number of benzene rings is 1. The Bertz CT molecular complexity index is 1380. The van der Waals surface area contributed by atoms with Crippen molar-refractivity contribution in [2.45, 2.75) is 37.8 Å². The highest BCUT2D eigenvalue weighted by atomic mass is 32.2. The first-order chi connectivity index (χ1) is 16.0. The summed E-state index contributed by atoms with van der Waals surface area (Å²) in [6.07, 6.45) is 3.86. The van der Waals surface area contributed by atoms with Crippen LogP contribution in [0.5, 0.6) is 5.75 Å². The van der Waals surface area contributed by atoms with E-state index in [9.17, 15) is 9.59 Å². The number of carbonyl (C=O) groups is 2. The number of amides is 2. The molecule has 33 heavy (non-hydrogen) atoms. The number of fused-ring (bicyclic) bond motifs is 4. The zero-order valence-corrected chi connectivity index (χ0v) is 19.6. The van der Waals surface area contributed by atoms with Gasteiger partial charge in [0, 0.05) is 15.8 Å². The van der Waals surface area contributed by atoms with Crippen molar-refractivity contribution in [3.05, 3.63) is 34.2 Å². The van der Waals surface area contributed by atoms with Crippen LogP contribution in [0.1, 0.15) is 40.6 Å². The molecule has 0 aliphatic heterocycles. The van der Waals surface area contributed by atoms with Crippen LogP contribution in [0.3, 0.4) is 0 Å². The Morgan fingerprint density at radius 2 is 2.12 bits per heavy atom. The van der Waals surface area contributed by atoms with Gasteiger partial charge in [0.2, 0.25) is 11.1 Å². The van der Waals surface area contributed by atoms with Gasteiger partial charge in [0.25, 0.3) is 5.91 Å². The molecular formula is C22H22N6O3S2. The fraction of sp³-hybridized carbons (Fsp3) is 0.318. The molecule has 0 fully saturated rings. The lowest BCUT2D eigenvalue weighted by atomic mass is 9.95. The minimum absolute atomic E-state index is 0.0860. The number of ether oxygens (including phenoxy) is 1. The minimum atomic E-state index is -0.498. The fourth-order valence-electron chi connectivity index (χ4n) is 4.06. The molecule has 3 heterocycles. The van der Waals surface area contributed by atoms with Gasteiger partial charge in [-0.1, -0.05) is 11.8 Å². The maximum Gasteiger partial charge on any atom is 0.251 e. The number of hydrogen-bond acceptors (Lipinski definition) is 8. The third-order valence-electron chi connectivity index (χ3n) is 5.48. The molecule has 0 bridgehead atoms. The lowest BCUT2D eigenvalue weighted by Crippen LogP contribution is -2.19. The monoisotopic (exact) mass is 482 g/mol. The second kappa shape index (κ2) is 8.99. The molecule has 170 valence electrons. The predicted molar refractivity (Wildman–Crippen MR) is 129 cm³/mol. The molecular weight excluding hydrogens is 460 g/mol. The van der Waals surface area contributed by atoms with Gasteiger partial charge in [-0.15, -0.1) is 21.5 Å². The highest BCUT2D eigenvalue weighted by Crippen LogP contribution is 2.38. The minimum Gasteiger partial charge on any atom is -0.494 e. The third kappa shape index (κ3) is 4.25. The van der Waals surface area contributed by atoms with Crippen molar-refractivity contribution in [2.24, 2.45) is 5.73 Å². The summed E-state index contributed by atoms with van der Waals surface area (Å²) < 4.78 is 5.56. The molecule has 4 aromatic rings. The smallest absolute Gasteiger partial charge is 0.251 e. The Morgan fingerprint density at radius 1 is 1.27 bits per heavy atom. The molecule has 4 N–H and O–H groups in total. The SMILES string of the molecule is CCOc1ccc2[nH]c3nc(SCC(=O)Nc4sc5c(c4C(N)=O)CCCC5)nnc3c2c1. The van der Waals surface area contributed by atoms with E-state index in [1.54, 1.807) is 0 Å². The molecule has 5 rings (SSSR count). The zero-order valence-electron chi connectivity index (χ0n) is 17.9. The van der Waals surface area contributed by atoms with Crippen LogP contribution in [0.4, 0.5) is 5.00 Å². The van der Waals surface area contributed by atoms with E-state index >= 15 is 0 Å². The largest absolute Gasteiger partial charge is 0.494 e. The Morgan fingerprint density at radius 3 is 2.94 bits per heavy atom. The summed E-state index contributed by atoms with van der Waals surface area (Å²) in [5.74, 6) is 0.0979. The number of nitrogens with two attached hydrogens (primary N) is 1. The molecule has 0 radical (unpaired) electrons. The van der Waals surface area contributed by atoms with Crippen molar-refractivity contribution in [1.29, 1.82) is 0 Å². The molecule has 0 atom stereocenters. The number of nitrogens with one attached hydrogen (secondary N) is 2. The molecule has 1 aromatic carbocycles. The second-order valence-electron chi connectivity index (χ2n) is 7.67. The summed E-state index contributed by atoms with van der Waals surface area (Å²) in [5.41, 5.74) is 9.18. The number of nitrogens with zero attached hydrogens (tertiary/aromatic N) is 3. The first kappa shape index (κ1) is 21.7. The molecule has 3 aromatic heterocycles. The first-order valence-corrected chi connectivity index (χ1v) is 12.5. The number of anilines is 1. The number of aromatic amines is 1. The topological polar surface area (TPSA) is 136 Å². The summed E-state index contributed by atoms with van der Waals surface area (Å²) in [7, 11) is 0. The quantitative estimate of drug-likeness (QED) is 0.342. The zero-order chi connectivity index (χ0) is 22.9. The van der Waals surface area contributed by atoms with Crippen LogP contribution in [0.15, 0.2) is 23.4 Å². The fourth-order valence-corrected chi connectivity index (χ4v) is 5.96. The van der Waals surface area contributed by atoms with Crippen LogP contribution in [-0.4, -0.2) is 44.3 Å². The summed E-state index contributed by atoms with van der Waals surface area (Å²) in [6.45, 7) is 2.51. The number of H-pyrrole nitrogens is 1. The lowest BCUT2D eigenvalue weighted by Gasteiger charge is -2.11. The first-order valence-electron chi connectivity index (χ1n) is 10.7. The van der Waals surface area contributed by atoms with Gasteiger partial charge in [-0.05, 0) is 56.4 Å². The van der Waals surface area contributed by atoms with Gasteiger partial charge in [-0.3, -0.25) is 9.59 Å². The molecule has 11 heteroatoms. The number of thiophene rings is 1. The molecule has 1 aliphatic rings. The van der Waals surface area contributed by atoms with Crippen LogP contribution >= 0.6 is 23.1 Å². The van der Waals surface area contributed by atoms with Crippen LogP contribution in [0.2, 0.25) is 0 Å². The van der Waals surface area contributed by atoms with Crippen molar-refractivity contribution in [2.75, 3.05) is 17.7 Å². The van der Waals surface area contributed by atoms with Gasteiger partial charge in [0.15, 0.2) is 5.65 Å². The summed E-state index contributed by atoms with van der Waals surface area (Å²) in [5, 5.41) is 13.1. The van der Waals surface area contributed by atoms with Crippen molar-refractivity contribution in [3.63, 3.8) is 0 Å². The third-order valence-corrected chi connectivity index (χ3v) is 7.53. The van der Waals surface area contributed by atoms with E-state index in [4.69, 9.17) is 10.5 Å². The van der Waals surface area contributed by atoms with E-state index in [0.717, 1.165) is 52.8 Å². The number of rotatable bonds is 7. The average Bonchev–Trinajstić information content (AvgIpc) is 3.35. The second-order valence-corrected chi connectivity index (χ2v) is 9.72. The molecule has 0 unspecified atom stereocenters. The Balaban J connectivity index is 1.31. The van der Waals surface area contributed by atoms with E-state index in [2.05, 4.69) is 25.5 Å². The summed E-state index contributed by atoms with van der Waals surface area (Å²) in [4.78, 5) is 33.5. The van der Waals surface area contributed by atoms with E-state index in [-0.39, 0.29) is 11.7 Å². The Hall–Kier alpha value is -3.18. The number of aromatic nitrogens is 4. The molecule has 1 aliphatic carbocycles. The van der Waals surface area contributed by atoms with Crippen LogP contribution in [0.25, 0.3) is 22.1 Å². The van der Waals surface area contributed by atoms with Gasteiger partial charge < -0.3 is 20.8 Å². The molecule has 0 spiro atoms. The Kier molecular flexibility index (Phi) is 5.90. The van der Waals surface area contributed by atoms with Crippen molar-refractivity contribution in [1.82, 2.24) is 20.2 Å². The van der Waals surface area contributed by atoms with Gasteiger partial charge in [-0.2, -0.15) is 0 Å². The maximum absolute atomic E-state index is 12.6. The van der Waals surface area contributed by atoms with Crippen LogP contribution in [-0.2, 0) is 17.6 Å². The molecule has 2 amide bonds. The van der Waals surface area contributed by atoms with Crippen LogP contribution < -0.4 is 15.8 Å². The number of carbonyl (C=O) groups excluding carboxylic acids is 2. The lowest BCUT2D eigenvalue weighted by molar-refractivity contribution is -0.113. The van der Waals surface area contributed by atoms with Crippen LogP contribution in [0, 0.1) is 0 Å². The van der Waals surface area contributed by atoms with Gasteiger partial charge in [0.05, 0.1) is 17.9 Å². The van der Waals surface area contributed by atoms with Crippen molar-refractivity contribution >= 4 is 62.0 Å². The molecule has 0 saturated carbocycles. The maximum atomic E-state index is 12.6. The van der Waals surface area contributed by atoms with E-state index in [0.29, 0.717) is 33.5 Å². The van der Waals surface area contributed by atoms with E-state index < -0.39 is 5.91 Å². The normalized spacial score (nSPS) is 13.2. The molecule has 9 nitrogen and oxygen atoms in total. The highest BCUT2D eigenvalue weighted by Gasteiger charge is 2.25. The van der Waals surface area contributed by atoms with E-state index in [1.165, 1.54) is 23.1 Å². The number of hydrogen-bond donors (Lipinski definition) is 3. The highest BCUT2D eigenvalue weighted by molar-refractivity contribution is 7.99. The van der Waals surface area contributed by atoms with Gasteiger partial charge in [-0.25, -0.2) is 4.98 Å². The number of thioether (sulfide) groups is 1.